The minimum atomic E-state index is -0.143. The number of hydrogen-bond donors (Lipinski definition) is 2. The zero-order valence-electron chi connectivity index (χ0n) is 10.6. The van der Waals surface area contributed by atoms with E-state index in [0.717, 1.165) is 6.42 Å². The highest BCUT2D eigenvalue weighted by atomic mass is 32.2. The van der Waals surface area contributed by atoms with Crippen molar-refractivity contribution in [2.24, 2.45) is 0 Å². The summed E-state index contributed by atoms with van der Waals surface area (Å²) in [5.74, 6) is -0.143. The van der Waals surface area contributed by atoms with Gasteiger partial charge >= 0.3 is 0 Å². The number of nitrogen functional groups attached to an aromatic ring is 1. The molecule has 1 aromatic rings. The van der Waals surface area contributed by atoms with E-state index in [4.69, 9.17) is 5.73 Å². The summed E-state index contributed by atoms with van der Waals surface area (Å²) in [6.07, 6.45) is 4.53. The molecule has 6 heteroatoms. The van der Waals surface area contributed by atoms with Crippen molar-refractivity contribution >= 4 is 23.4 Å². The number of aromatic nitrogens is 2. The Kier molecular flexibility index (Phi) is 5.34. The van der Waals surface area contributed by atoms with Gasteiger partial charge in [-0.15, -0.1) is 0 Å². The molecule has 1 unspecified atom stereocenters. The first-order valence-electron chi connectivity index (χ1n) is 5.72. The third kappa shape index (κ3) is 3.66. The molecular formula is C11H20N4OS. The van der Waals surface area contributed by atoms with E-state index in [1.54, 1.807) is 16.4 Å². The van der Waals surface area contributed by atoms with Crippen molar-refractivity contribution in [2.75, 3.05) is 18.5 Å². The summed E-state index contributed by atoms with van der Waals surface area (Å²) in [4.78, 5) is 11.9. The molecule has 5 nitrogen and oxygen atoms in total. The van der Waals surface area contributed by atoms with Crippen LogP contribution in [0.25, 0.3) is 0 Å². The molecule has 1 heterocycles. The predicted octanol–water partition coefficient (Wildman–Crippen LogP) is 1.36. The highest BCUT2D eigenvalue weighted by molar-refractivity contribution is 7.99. The van der Waals surface area contributed by atoms with Gasteiger partial charge in [-0.2, -0.15) is 16.9 Å². The summed E-state index contributed by atoms with van der Waals surface area (Å²) in [6.45, 7) is 5.37. The Morgan fingerprint density at radius 1 is 1.71 bits per heavy atom. The average Bonchev–Trinajstić information content (AvgIpc) is 2.69. The summed E-state index contributed by atoms with van der Waals surface area (Å²) < 4.78 is 1.61. The Hall–Kier alpha value is -1.17. The molecule has 0 aliphatic carbocycles. The molecule has 0 spiro atoms. The number of hydrogen-bond acceptors (Lipinski definition) is 4. The van der Waals surface area contributed by atoms with Crippen LogP contribution in [0, 0.1) is 0 Å². The molecule has 1 rings (SSSR count). The van der Waals surface area contributed by atoms with Gasteiger partial charge in [0, 0.05) is 18.3 Å². The standard InChI is InChI=1S/C11H20N4OS/c1-4-15-10(9(12)7-14-15)11(16)13-6-5-8(2)17-3/h7-8H,4-6,12H2,1-3H3,(H,13,16). The van der Waals surface area contributed by atoms with Crippen LogP contribution >= 0.6 is 11.8 Å². The highest BCUT2D eigenvalue weighted by Gasteiger charge is 2.15. The van der Waals surface area contributed by atoms with Crippen molar-refractivity contribution in [3.63, 3.8) is 0 Å². The van der Waals surface area contributed by atoms with Gasteiger partial charge in [0.1, 0.15) is 5.69 Å². The highest BCUT2D eigenvalue weighted by Crippen LogP contribution is 2.11. The van der Waals surface area contributed by atoms with Crippen LogP contribution in [-0.2, 0) is 6.54 Å². The number of anilines is 1. The first kappa shape index (κ1) is 13.9. The number of aryl methyl sites for hydroxylation is 1. The lowest BCUT2D eigenvalue weighted by atomic mass is 10.3. The number of nitrogens with one attached hydrogen (secondary N) is 1. The number of thioether (sulfide) groups is 1. The van der Waals surface area contributed by atoms with E-state index in [9.17, 15) is 4.79 Å². The molecule has 0 aromatic carbocycles. The minimum Gasteiger partial charge on any atom is -0.396 e. The van der Waals surface area contributed by atoms with E-state index in [2.05, 4.69) is 23.6 Å². The average molecular weight is 256 g/mol. The zero-order valence-corrected chi connectivity index (χ0v) is 11.4. The van der Waals surface area contributed by atoms with Crippen LogP contribution in [0.1, 0.15) is 30.8 Å². The molecule has 1 amide bonds. The van der Waals surface area contributed by atoms with Gasteiger partial charge in [-0.3, -0.25) is 9.48 Å². The summed E-state index contributed by atoms with van der Waals surface area (Å²) in [6, 6.07) is 0. The quantitative estimate of drug-likeness (QED) is 0.806. The minimum absolute atomic E-state index is 0.143. The van der Waals surface area contributed by atoms with Gasteiger partial charge in [0.05, 0.1) is 11.9 Å². The second-order valence-corrected chi connectivity index (χ2v) is 5.13. The molecule has 0 aliphatic rings. The van der Waals surface area contributed by atoms with Crippen LogP contribution in [-0.4, -0.2) is 33.7 Å². The molecule has 1 aromatic heterocycles. The number of amides is 1. The number of rotatable bonds is 6. The number of nitrogens with two attached hydrogens (primary N) is 1. The van der Waals surface area contributed by atoms with Gasteiger partial charge in [-0.1, -0.05) is 6.92 Å². The second kappa shape index (κ2) is 6.54. The first-order valence-corrected chi connectivity index (χ1v) is 7.01. The molecular weight excluding hydrogens is 236 g/mol. The molecule has 1 atom stereocenters. The maximum atomic E-state index is 11.9. The van der Waals surface area contributed by atoms with E-state index >= 15 is 0 Å². The van der Waals surface area contributed by atoms with Crippen LogP contribution in [0.4, 0.5) is 5.69 Å². The van der Waals surface area contributed by atoms with Crippen molar-refractivity contribution in [3.8, 4) is 0 Å². The van der Waals surface area contributed by atoms with E-state index in [1.807, 2.05) is 6.92 Å². The van der Waals surface area contributed by atoms with Gasteiger partial charge in [0.2, 0.25) is 0 Å². The zero-order chi connectivity index (χ0) is 12.8. The van der Waals surface area contributed by atoms with Gasteiger partial charge in [0.15, 0.2) is 0 Å². The van der Waals surface area contributed by atoms with Crippen molar-refractivity contribution < 1.29 is 4.79 Å². The van der Waals surface area contributed by atoms with Crippen molar-refractivity contribution in [1.29, 1.82) is 0 Å². The van der Waals surface area contributed by atoms with E-state index < -0.39 is 0 Å². The SMILES string of the molecule is CCn1ncc(N)c1C(=O)NCCC(C)SC. The summed E-state index contributed by atoms with van der Waals surface area (Å²) in [7, 11) is 0. The number of nitrogens with zero attached hydrogens (tertiary/aromatic N) is 2. The Morgan fingerprint density at radius 3 is 3.00 bits per heavy atom. The van der Waals surface area contributed by atoms with Gasteiger partial charge in [-0.05, 0) is 19.6 Å². The normalized spacial score (nSPS) is 12.4. The third-order valence-electron chi connectivity index (χ3n) is 2.62. The van der Waals surface area contributed by atoms with Crippen LogP contribution < -0.4 is 11.1 Å². The predicted molar refractivity (Wildman–Crippen MR) is 72.2 cm³/mol. The molecule has 0 radical (unpaired) electrons. The molecule has 0 fully saturated rings. The van der Waals surface area contributed by atoms with Crippen molar-refractivity contribution in [1.82, 2.24) is 15.1 Å². The Labute approximate surface area is 106 Å². The van der Waals surface area contributed by atoms with Crippen molar-refractivity contribution in [2.45, 2.75) is 32.1 Å². The largest absolute Gasteiger partial charge is 0.396 e. The lowest BCUT2D eigenvalue weighted by molar-refractivity contribution is 0.0943. The molecule has 96 valence electrons. The third-order valence-corrected chi connectivity index (χ3v) is 3.66. The Balaban J connectivity index is 2.55. The molecule has 0 aliphatic heterocycles. The van der Waals surface area contributed by atoms with Crippen LogP contribution in [0.2, 0.25) is 0 Å². The van der Waals surface area contributed by atoms with Crippen LogP contribution in [0.15, 0.2) is 6.20 Å². The summed E-state index contributed by atoms with van der Waals surface area (Å²) in [5.41, 5.74) is 6.62. The van der Waals surface area contributed by atoms with Crippen molar-refractivity contribution in [3.05, 3.63) is 11.9 Å². The lowest BCUT2D eigenvalue weighted by Crippen LogP contribution is -2.29. The van der Waals surface area contributed by atoms with Gasteiger partial charge in [0.25, 0.3) is 5.91 Å². The second-order valence-electron chi connectivity index (χ2n) is 3.86. The van der Waals surface area contributed by atoms with Crippen LogP contribution in [0.5, 0.6) is 0 Å². The fourth-order valence-corrected chi connectivity index (χ4v) is 1.83. The van der Waals surface area contributed by atoms with E-state index in [0.29, 0.717) is 29.7 Å². The lowest BCUT2D eigenvalue weighted by Gasteiger charge is -2.10. The molecule has 0 saturated heterocycles. The maximum absolute atomic E-state index is 11.9. The molecule has 0 bridgehead atoms. The molecule has 17 heavy (non-hydrogen) atoms. The Morgan fingerprint density at radius 2 is 2.41 bits per heavy atom. The number of carbonyl (C=O) groups is 1. The van der Waals surface area contributed by atoms with E-state index in [1.165, 1.54) is 6.20 Å². The fraction of sp³-hybridized carbons (Fsp3) is 0.636. The van der Waals surface area contributed by atoms with Gasteiger partial charge in [-0.25, -0.2) is 0 Å². The van der Waals surface area contributed by atoms with Gasteiger partial charge < -0.3 is 11.1 Å². The monoisotopic (exact) mass is 256 g/mol. The summed E-state index contributed by atoms with van der Waals surface area (Å²) in [5, 5.41) is 7.46. The molecule has 3 N–H and O–H groups in total. The topological polar surface area (TPSA) is 72.9 Å². The maximum Gasteiger partial charge on any atom is 0.271 e. The summed E-state index contributed by atoms with van der Waals surface area (Å²) >= 11 is 1.79. The molecule has 0 saturated carbocycles. The Bertz CT molecular complexity index is 378. The first-order chi connectivity index (χ1) is 8.10. The number of carbonyl (C=O) groups excluding carboxylic acids is 1. The smallest absolute Gasteiger partial charge is 0.271 e. The van der Waals surface area contributed by atoms with Crippen LogP contribution in [0.3, 0.4) is 0 Å². The van der Waals surface area contributed by atoms with E-state index in [-0.39, 0.29) is 5.91 Å². The fourth-order valence-electron chi connectivity index (χ4n) is 1.48.